The minimum Gasteiger partial charge on any atom is -0.380 e. The number of ether oxygens (including phenoxy) is 1. The number of aromatic nitrogens is 2. The van der Waals surface area contributed by atoms with E-state index in [1.54, 1.807) is 0 Å². The van der Waals surface area contributed by atoms with Crippen LogP contribution in [0.1, 0.15) is 12.7 Å². The van der Waals surface area contributed by atoms with Crippen molar-refractivity contribution in [3.05, 3.63) is 54.4 Å². The zero-order chi connectivity index (χ0) is 18.4. The molecule has 0 unspecified atom stereocenters. The summed E-state index contributed by atoms with van der Waals surface area (Å²) in [6.45, 7) is 4.58. The Kier molecular flexibility index (Phi) is 5.99. The fourth-order valence-corrected chi connectivity index (χ4v) is 2.96. The SMILES string of the molecule is CCOCCn1c(CNCC(N)=O)nc2ccc(-c3ccccc3)cc21. The van der Waals surface area contributed by atoms with Crippen LogP contribution in [0.3, 0.4) is 0 Å². The van der Waals surface area contributed by atoms with Crippen LogP contribution in [0.4, 0.5) is 0 Å². The van der Waals surface area contributed by atoms with E-state index in [9.17, 15) is 4.79 Å². The van der Waals surface area contributed by atoms with E-state index in [1.807, 2.05) is 31.2 Å². The van der Waals surface area contributed by atoms with Gasteiger partial charge in [0.2, 0.25) is 5.91 Å². The summed E-state index contributed by atoms with van der Waals surface area (Å²) in [4.78, 5) is 15.7. The first-order valence-corrected chi connectivity index (χ1v) is 8.80. The topological polar surface area (TPSA) is 82.2 Å². The van der Waals surface area contributed by atoms with Crippen molar-refractivity contribution in [1.29, 1.82) is 0 Å². The Morgan fingerprint density at radius 2 is 2.00 bits per heavy atom. The van der Waals surface area contributed by atoms with Crippen LogP contribution < -0.4 is 11.1 Å². The van der Waals surface area contributed by atoms with Gasteiger partial charge in [0.1, 0.15) is 5.82 Å². The predicted molar refractivity (Wildman–Crippen MR) is 103 cm³/mol. The molecule has 3 aromatic rings. The Balaban J connectivity index is 1.94. The number of nitrogens with zero attached hydrogens (tertiary/aromatic N) is 2. The third kappa shape index (κ3) is 4.28. The smallest absolute Gasteiger partial charge is 0.231 e. The summed E-state index contributed by atoms with van der Waals surface area (Å²) in [6, 6.07) is 16.5. The van der Waals surface area contributed by atoms with E-state index in [1.165, 1.54) is 5.56 Å². The number of fused-ring (bicyclic) bond motifs is 1. The number of imidazole rings is 1. The van der Waals surface area contributed by atoms with E-state index < -0.39 is 0 Å². The molecule has 6 heteroatoms. The van der Waals surface area contributed by atoms with E-state index in [-0.39, 0.29) is 12.5 Å². The standard InChI is InChI=1S/C20H24N4O2/c1-2-26-11-10-24-18-12-16(15-6-4-3-5-7-15)8-9-17(18)23-20(24)14-22-13-19(21)25/h3-9,12,22H,2,10-11,13-14H2,1H3,(H2,21,25). The van der Waals surface area contributed by atoms with Gasteiger partial charge < -0.3 is 20.4 Å². The monoisotopic (exact) mass is 352 g/mol. The molecule has 1 aromatic heterocycles. The number of hydrogen-bond donors (Lipinski definition) is 2. The van der Waals surface area contributed by atoms with E-state index in [0.717, 1.165) is 22.4 Å². The molecular weight excluding hydrogens is 328 g/mol. The summed E-state index contributed by atoms with van der Waals surface area (Å²) in [5.41, 5.74) is 9.50. The first kappa shape index (κ1) is 18.1. The number of nitrogens with two attached hydrogens (primary N) is 1. The van der Waals surface area contributed by atoms with Crippen LogP contribution in [0.15, 0.2) is 48.5 Å². The highest BCUT2D eigenvalue weighted by molar-refractivity contribution is 5.82. The van der Waals surface area contributed by atoms with Gasteiger partial charge in [0.15, 0.2) is 0 Å². The van der Waals surface area contributed by atoms with Crippen molar-refractivity contribution in [2.24, 2.45) is 5.73 Å². The molecule has 6 nitrogen and oxygen atoms in total. The molecule has 0 aliphatic carbocycles. The highest BCUT2D eigenvalue weighted by Gasteiger charge is 2.12. The Hall–Kier alpha value is -2.70. The van der Waals surface area contributed by atoms with Crippen molar-refractivity contribution < 1.29 is 9.53 Å². The zero-order valence-corrected chi connectivity index (χ0v) is 14.9. The van der Waals surface area contributed by atoms with Crippen molar-refractivity contribution in [3.8, 4) is 11.1 Å². The van der Waals surface area contributed by atoms with Crippen LogP contribution >= 0.6 is 0 Å². The summed E-state index contributed by atoms with van der Waals surface area (Å²) in [6.07, 6.45) is 0. The normalized spacial score (nSPS) is 11.1. The van der Waals surface area contributed by atoms with Gasteiger partial charge >= 0.3 is 0 Å². The van der Waals surface area contributed by atoms with Gasteiger partial charge in [-0.15, -0.1) is 0 Å². The molecule has 1 amide bonds. The van der Waals surface area contributed by atoms with Gasteiger partial charge in [-0.1, -0.05) is 36.4 Å². The number of carbonyl (C=O) groups excluding carboxylic acids is 1. The second-order valence-corrected chi connectivity index (χ2v) is 6.02. The predicted octanol–water partition coefficient (Wildman–Crippen LogP) is 2.31. The molecule has 136 valence electrons. The number of benzene rings is 2. The first-order chi connectivity index (χ1) is 12.7. The van der Waals surface area contributed by atoms with Gasteiger partial charge in [-0.3, -0.25) is 4.79 Å². The van der Waals surface area contributed by atoms with Crippen LogP contribution in [-0.2, 0) is 22.6 Å². The minimum atomic E-state index is -0.381. The van der Waals surface area contributed by atoms with Crippen LogP contribution in [0.5, 0.6) is 0 Å². The Morgan fingerprint density at radius 3 is 2.73 bits per heavy atom. The van der Waals surface area contributed by atoms with E-state index >= 15 is 0 Å². The Morgan fingerprint density at radius 1 is 1.19 bits per heavy atom. The lowest BCUT2D eigenvalue weighted by atomic mass is 10.1. The first-order valence-electron chi connectivity index (χ1n) is 8.80. The molecular formula is C20H24N4O2. The van der Waals surface area contributed by atoms with E-state index in [2.05, 4.69) is 34.1 Å². The maximum Gasteiger partial charge on any atom is 0.231 e. The maximum absolute atomic E-state index is 11.0. The number of hydrogen-bond acceptors (Lipinski definition) is 4. The number of rotatable bonds is 9. The highest BCUT2D eigenvalue weighted by Crippen LogP contribution is 2.25. The molecule has 3 rings (SSSR count). The molecule has 0 atom stereocenters. The van der Waals surface area contributed by atoms with Crippen molar-refractivity contribution >= 4 is 16.9 Å². The number of carbonyl (C=O) groups is 1. The molecule has 2 aromatic carbocycles. The van der Waals surface area contributed by atoms with Crippen LogP contribution in [0.25, 0.3) is 22.2 Å². The largest absolute Gasteiger partial charge is 0.380 e. The number of amides is 1. The van der Waals surface area contributed by atoms with E-state index in [0.29, 0.717) is 26.3 Å². The van der Waals surface area contributed by atoms with Crippen molar-refractivity contribution in [2.45, 2.75) is 20.0 Å². The zero-order valence-electron chi connectivity index (χ0n) is 14.9. The molecule has 0 spiro atoms. The summed E-state index contributed by atoms with van der Waals surface area (Å²) in [5.74, 6) is 0.486. The quantitative estimate of drug-likeness (QED) is 0.579. The molecule has 0 radical (unpaired) electrons. The molecule has 1 heterocycles. The fraction of sp³-hybridized carbons (Fsp3) is 0.300. The van der Waals surface area contributed by atoms with Crippen molar-refractivity contribution in [1.82, 2.24) is 14.9 Å². The number of nitrogens with one attached hydrogen (secondary N) is 1. The van der Waals surface area contributed by atoms with Gasteiger partial charge in [0.05, 0.1) is 30.7 Å². The summed E-state index contributed by atoms with van der Waals surface area (Å²) in [7, 11) is 0. The maximum atomic E-state index is 11.0. The van der Waals surface area contributed by atoms with E-state index in [4.69, 9.17) is 15.5 Å². The van der Waals surface area contributed by atoms with Gasteiger partial charge in [-0.25, -0.2) is 4.98 Å². The van der Waals surface area contributed by atoms with Crippen LogP contribution in [0, 0.1) is 0 Å². The molecule has 3 N–H and O–H groups in total. The lowest BCUT2D eigenvalue weighted by Crippen LogP contribution is -2.29. The van der Waals surface area contributed by atoms with Crippen molar-refractivity contribution in [3.63, 3.8) is 0 Å². The lowest BCUT2D eigenvalue weighted by Gasteiger charge is -2.10. The van der Waals surface area contributed by atoms with Gasteiger partial charge in [-0.2, -0.15) is 0 Å². The van der Waals surface area contributed by atoms with Crippen LogP contribution in [0.2, 0.25) is 0 Å². The van der Waals surface area contributed by atoms with Gasteiger partial charge in [0.25, 0.3) is 0 Å². The average molecular weight is 352 g/mol. The third-order valence-corrected chi connectivity index (χ3v) is 4.18. The third-order valence-electron chi connectivity index (χ3n) is 4.18. The van der Waals surface area contributed by atoms with Crippen molar-refractivity contribution in [2.75, 3.05) is 19.8 Å². The minimum absolute atomic E-state index is 0.129. The number of primary amides is 1. The molecule has 26 heavy (non-hydrogen) atoms. The summed E-state index contributed by atoms with van der Waals surface area (Å²) >= 11 is 0. The average Bonchev–Trinajstić information content (AvgIpc) is 2.99. The Bertz CT molecular complexity index is 874. The molecule has 0 saturated carbocycles. The Labute approximate surface area is 153 Å². The molecule has 0 saturated heterocycles. The summed E-state index contributed by atoms with van der Waals surface area (Å²) in [5, 5.41) is 3.04. The highest BCUT2D eigenvalue weighted by atomic mass is 16.5. The molecule has 0 aliphatic heterocycles. The van der Waals surface area contributed by atoms with Gasteiger partial charge in [-0.05, 0) is 30.2 Å². The lowest BCUT2D eigenvalue weighted by molar-refractivity contribution is -0.117. The molecule has 0 aliphatic rings. The fourth-order valence-electron chi connectivity index (χ4n) is 2.96. The molecule has 0 fully saturated rings. The second kappa shape index (κ2) is 8.60. The van der Waals surface area contributed by atoms with Crippen LogP contribution in [-0.4, -0.2) is 35.2 Å². The summed E-state index contributed by atoms with van der Waals surface area (Å²) < 4.78 is 7.67. The second-order valence-electron chi connectivity index (χ2n) is 6.02. The molecule has 0 bridgehead atoms. The van der Waals surface area contributed by atoms with Gasteiger partial charge in [0, 0.05) is 13.2 Å².